The van der Waals surface area contributed by atoms with Crippen molar-refractivity contribution in [2.45, 2.75) is 33.2 Å². The SMILES string of the molecule is CC(C)C(=O)N1CCC(C(=O)Nc2nc(CN3CCOCC3)cs2)CC1. The quantitative estimate of drug-likeness (QED) is 0.843. The molecule has 2 fully saturated rings. The lowest BCUT2D eigenvalue weighted by molar-refractivity contribution is -0.137. The summed E-state index contributed by atoms with van der Waals surface area (Å²) in [4.78, 5) is 33.3. The van der Waals surface area contributed by atoms with E-state index in [1.54, 1.807) is 0 Å². The number of hydrogen-bond acceptors (Lipinski definition) is 6. The molecule has 144 valence electrons. The molecule has 3 rings (SSSR count). The van der Waals surface area contributed by atoms with Crippen LogP contribution in [0.2, 0.25) is 0 Å². The molecule has 0 saturated carbocycles. The van der Waals surface area contributed by atoms with Crippen molar-refractivity contribution in [3.63, 3.8) is 0 Å². The normalized spacial score (nSPS) is 19.7. The molecule has 1 N–H and O–H groups in total. The van der Waals surface area contributed by atoms with Gasteiger partial charge < -0.3 is 15.0 Å². The van der Waals surface area contributed by atoms with Gasteiger partial charge in [0.05, 0.1) is 18.9 Å². The Balaban J connectivity index is 1.46. The Bertz CT molecular complexity index is 620. The Morgan fingerprint density at radius 1 is 1.27 bits per heavy atom. The van der Waals surface area contributed by atoms with Crippen LogP contribution in [0.25, 0.3) is 0 Å². The van der Waals surface area contributed by atoms with E-state index in [-0.39, 0.29) is 23.7 Å². The van der Waals surface area contributed by atoms with Gasteiger partial charge in [-0.05, 0) is 12.8 Å². The van der Waals surface area contributed by atoms with Crippen LogP contribution in [0.4, 0.5) is 5.13 Å². The molecule has 2 saturated heterocycles. The van der Waals surface area contributed by atoms with E-state index >= 15 is 0 Å². The van der Waals surface area contributed by atoms with Gasteiger partial charge in [0.15, 0.2) is 5.13 Å². The first-order chi connectivity index (χ1) is 12.5. The fourth-order valence-corrected chi connectivity index (χ4v) is 4.06. The number of amides is 2. The van der Waals surface area contributed by atoms with E-state index in [0.717, 1.165) is 51.4 Å². The molecule has 2 aliphatic rings. The molecule has 1 aromatic heterocycles. The second-order valence-electron chi connectivity index (χ2n) is 7.28. The molecule has 2 amide bonds. The molecule has 8 heteroatoms. The van der Waals surface area contributed by atoms with Crippen molar-refractivity contribution in [1.82, 2.24) is 14.8 Å². The Kier molecular flexibility index (Phi) is 6.61. The van der Waals surface area contributed by atoms with Gasteiger partial charge in [-0.15, -0.1) is 11.3 Å². The van der Waals surface area contributed by atoms with E-state index < -0.39 is 0 Å². The number of anilines is 1. The summed E-state index contributed by atoms with van der Waals surface area (Å²) in [6.45, 7) is 9.34. The third kappa shape index (κ3) is 5.02. The van der Waals surface area contributed by atoms with Crippen molar-refractivity contribution in [2.75, 3.05) is 44.7 Å². The van der Waals surface area contributed by atoms with Crippen molar-refractivity contribution in [3.05, 3.63) is 11.1 Å². The van der Waals surface area contributed by atoms with Gasteiger partial charge in [-0.2, -0.15) is 0 Å². The van der Waals surface area contributed by atoms with Gasteiger partial charge in [0.1, 0.15) is 0 Å². The van der Waals surface area contributed by atoms with Crippen LogP contribution in [0.5, 0.6) is 0 Å². The van der Waals surface area contributed by atoms with E-state index in [2.05, 4.69) is 15.2 Å². The Morgan fingerprint density at radius 3 is 2.62 bits per heavy atom. The molecule has 0 atom stereocenters. The number of hydrogen-bond donors (Lipinski definition) is 1. The average Bonchev–Trinajstić information content (AvgIpc) is 3.08. The zero-order valence-corrected chi connectivity index (χ0v) is 16.4. The predicted octanol–water partition coefficient (Wildman–Crippen LogP) is 1.81. The molecule has 0 aromatic carbocycles. The number of nitrogens with zero attached hydrogens (tertiary/aromatic N) is 3. The number of morpholine rings is 1. The van der Waals surface area contributed by atoms with Crippen molar-refractivity contribution in [3.8, 4) is 0 Å². The first-order valence-corrected chi connectivity index (χ1v) is 10.2. The Labute approximate surface area is 158 Å². The molecule has 0 bridgehead atoms. The number of likely N-dealkylation sites (tertiary alicyclic amines) is 1. The van der Waals surface area contributed by atoms with E-state index in [9.17, 15) is 9.59 Å². The van der Waals surface area contributed by atoms with E-state index in [1.165, 1.54) is 11.3 Å². The van der Waals surface area contributed by atoms with Crippen molar-refractivity contribution in [2.24, 2.45) is 11.8 Å². The number of piperidine rings is 1. The molecule has 0 radical (unpaired) electrons. The van der Waals surface area contributed by atoms with Gasteiger partial charge in [0.25, 0.3) is 0 Å². The van der Waals surface area contributed by atoms with Crippen molar-refractivity contribution >= 4 is 28.3 Å². The number of nitrogens with one attached hydrogen (secondary N) is 1. The standard InChI is InChI=1S/C18H28N4O3S/c1-13(2)17(24)22-5-3-14(4-6-22)16(23)20-18-19-15(12-26-18)11-21-7-9-25-10-8-21/h12-14H,3-11H2,1-2H3,(H,19,20,23). The van der Waals surface area contributed by atoms with Gasteiger partial charge in [0, 0.05) is 49.9 Å². The van der Waals surface area contributed by atoms with Gasteiger partial charge in [-0.25, -0.2) is 4.98 Å². The minimum atomic E-state index is -0.0437. The maximum atomic E-state index is 12.5. The fraction of sp³-hybridized carbons (Fsp3) is 0.722. The minimum Gasteiger partial charge on any atom is -0.379 e. The molecule has 26 heavy (non-hydrogen) atoms. The highest BCUT2D eigenvalue weighted by atomic mass is 32.1. The first-order valence-electron chi connectivity index (χ1n) is 9.37. The zero-order chi connectivity index (χ0) is 18.5. The van der Waals surface area contributed by atoms with Crippen molar-refractivity contribution in [1.29, 1.82) is 0 Å². The number of carbonyl (C=O) groups is 2. The monoisotopic (exact) mass is 380 g/mol. The van der Waals surface area contributed by atoms with Crippen LogP contribution in [0, 0.1) is 11.8 Å². The van der Waals surface area contributed by atoms with Gasteiger partial charge in [0.2, 0.25) is 11.8 Å². The number of ether oxygens (including phenoxy) is 1. The van der Waals surface area contributed by atoms with Gasteiger partial charge in [-0.1, -0.05) is 13.8 Å². The maximum absolute atomic E-state index is 12.5. The average molecular weight is 381 g/mol. The fourth-order valence-electron chi connectivity index (χ4n) is 3.36. The number of aromatic nitrogens is 1. The number of carbonyl (C=O) groups excluding carboxylic acids is 2. The summed E-state index contributed by atoms with van der Waals surface area (Å²) in [7, 11) is 0. The van der Waals surface area contributed by atoms with Crippen LogP contribution in [-0.2, 0) is 20.9 Å². The highest BCUT2D eigenvalue weighted by Gasteiger charge is 2.28. The van der Waals surface area contributed by atoms with Gasteiger partial charge in [-0.3, -0.25) is 14.5 Å². The minimum absolute atomic E-state index is 0.0144. The molecule has 3 heterocycles. The van der Waals surface area contributed by atoms with Crippen LogP contribution < -0.4 is 5.32 Å². The second kappa shape index (κ2) is 8.92. The van der Waals surface area contributed by atoms with Crippen LogP contribution in [0.1, 0.15) is 32.4 Å². The molecule has 0 spiro atoms. The van der Waals surface area contributed by atoms with Crippen molar-refractivity contribution < 1.29 is 14.3 Å². The zero-order valence-electron chi connectivity index (χ0n) is 15.6. The molecule has 7 nitrogen and oxygen atoms in total. The third-order valence-electron chi connectivity index (χ3n) is 4.94. The van der Waals surface area contributed by atoms with E-state index in [4.69, 9.17) is 4.74 Å². The lowest BCUT2D eigenvalue weighted by atomic mass is 9.95. The topological polar surface area (TPSA) is 74.8 Å². The molecule has 0 unspecified atom stereocenters. The summed E-state index contributed by atoms with van der Waals surface area (Å²) in [6, 6.07) is 0. The lowest BCUT2D eigenvalue weighted by Gasteiger charge is -2.32. The lowest BCUT2D eigenvalue weighted by Crippen LogP contribution is -2.43. The van der Waals surface area contributed by atoms with Crippen LogP contribution in [0.3, 0.4) is 0 Å². The van der Waals surface area contributed by atoms with Crippen LogP contribution >= 0.6 is 11.3 Å². The van der Waals surface area contributed by atoms with E-state index in [0.29, 0.717) is 18.2 Å². The second-order valence-corrected chi connectivity index (χ2v) is 8.13. The Morgan fingerprint density at radius 2 is 1.96 bits per heavy atom. The van der Waals surface area contributed by atoms with Crippen LogP contribution in [-0.4, -0.2) is 66.0 Å². The largest absolute Gasteiger partial charge is 0.379 e. The molecule has 2 aliphatic heterocycles. The predicted molar refractivity (Wildman–Crippen MR) is 101 cm³/mol. The number of thiazole rings is 1. The Hall–Kier alpha value is -1.51. The molecular weight excluding hydrogens is 352 g/mol. The molecule has 1 aromatic rings. The summed E-state index contributed by atoms with van der Waals surface area (Å²) in [5.74, 6) is 0.170. The highest BCUT2D eigenvalue weighted by molar-refractivity contribution is 7.13. The molecular formula is C18H28N4O3S. The van der Waals surface area contributed by atoms with Crippen LogP contribution in [0.15, 0.2) is 5.38 Å². The summed E-state index contributed by atoms with van der Waals surface area (Å²) in [5, 5.41) is 5.63. The van der Waals surface area contributed by atoms with Gasteiger partial charge >= 0.3 is 0 Å². The summed E-state index contributed by atoms with van der Waals surface area (Å²) >= 11 is 1.47. The first kappa shape index (κ1) is 19.3. The summed E-state index contributed by atoms with van der Waals surface area (Å²) < 4.78 is 5.36. The summed E-state index contributed by atoms with van der Waals surface area (Å²) in [5.41, 5.74) is 0.990. The highest BCUT2D eigenvalue weighted by Crippen LogP contribution is 2.23. The number of rotatable bonds is 5. The maximum Gasteiger partial charge on any atom is 0.229 e. The van der Waals surface area contributed by atoms with E-state index in [1.807, 2.05) is 24.1 Å². The third-order valence-corrected chi connectivity index (χ3v) is 5.75. The smallest absolute Gasteiger partial charge is 0.229 e. The molecule has 0 aliphatic carbocycles. The summed E-state index contributed by atoms with van der Waals surface area (Å²) in [6.07, 6.45) is 1.44.